The molecule has 0 bridgehead atoms. The molecule has 2 aromatic carbocycles. The van der Waals surface area contributed by atoms with Crippen LogP contribution in [-0.2, 0) is 6.42 Å². The summed E-state index contributed by atoms with van der Waals surface area (Å²) in [4.78, 5) is 0. The minimum absolute atomic E-state index is 0. The molecule has 0 heterocycles. The van der Waals surface area contributed by atoms with Crippen LogP contribution in [0.25, 0.3) is 11.1 Å². The van der Waals surface area contributed by atoms with E-state index in [1.165, 1.54) is 0 Å². The van der Waals surface area contributed by atoms with Gasteiger partial charge in [-0.05, 0) is 24.1 Å². The Morgan fingerprint density at radius 2 is 1.53 bits per heavy atom. The fraction of sp³-hybridized carbons (Fsp3) is 0.143. The van der Waals surface area contributed by atoms with Crippen LogP contribution in [0.2, 0.25) is 0 Å². The number of hydrogen-bond acceptors (Lipinski definition) is 2. The summed E-state index contributed by atoms with van der Waals surface area (Å²) in [5, 5.41) is 19.7. The Balaban J connectivity index is 0.00000144. The highest BCUT2D eigenvalue weighted by molar-refractivity contribution is 5.78. The van der Waals surface area contributed by atoms with Gasteiger partial charge in [-0.2, -0.15) is 0 Å². The number of phenols is 2. The van der Waals surface area contributed by atoms with Crippen LogP contribution in [0.4, 0.5) is 0 Å². The molecule has 0 amide bonds. The summed E-state index contributed by atoms with van der Waals surface area (Å²) in [5.74, 6) is 0.402. The Hall–Kier alpha value is -1.43. The molecule has 3 heteroatoms. The smallest absolute Gasteiger partial charge is 0.187 e. The van der Waals surface area contributed by atoms with Gasteiger partial charge in [0.25, 0.3) is 0 Å². The number of hydrogen-bond donors (Lipinski definition) is 2. The van der Waals surface area contributed by atoms with E-state index < -0.39 is 0 Å². The largest absolute Gasteiger partial charge is 0.507 e. The summed E-state index contributed by atoms with van der Waals surface area (Å²) in [6.07, 6.45) is 0.818. The van der Waals surface area contributed by atoms with Gasteiger partial charge < -0.3 is 10.2 Å². The number of para-hydroxylation sites is 1. The molecule has 0 radical (unpaired) electrons. The molecule has 0 spiro atoms. The Morgan fingerprint density at radius 3 is 2.18 bits per heavy atom. The lowest BCUT2D eigenvalue weighted by atomic mass is 9.96. The first-order valence-electron chi connectivity index (χ1n) is 5.33. The minimum atomic E-state index is 0. The van der Waals surface area contributed by atoms with E-state index >= 15 is 0 Å². The van der Waals surface area contributed by atoms with E-state index in [-0.39, 0.29) is 28.9 Å². The fourth-order valence-electron chi connectivity index (χ4n) is 1.88. The van der Waals surface area contributed by atoms with Crippen LogP contribution in [0.3, 0.4) is 0 Å². The lowest BCUT2D eigenvalue weighted by Crippen LogP contribution is -1.88. The van der Waals surface area contributed by atoms with E-state index in [2.05, 4.69) is 0 Å². The van der Waals surface area contributed by atoms with E-state index in [0.717, 1.165) is 17.5 Å². The van der Waals surface area contributed by atoms with Crippen molar-refractivity contribution in [1.82, 2.24) is 0 Å². The van der Waals surface area contributed by atoms with Crippen molar-refractivity contribution in [3.8, 4) is 22.6 Å². The summed E-state index contributed by atoms with van der Waals surface area (Å²) < 4.78 is 0. The van der Waals surface area contributed by atoms with Gasteiger partial charge in [0.1, 0.15) is 11.5 Å². The van der Waals surface area contributed by atoms with Crippen LogP contribution >= 0.6 is 0 Å². The van der Waals surface area contributed by atoms with Crippen LogP contribution in [-0.4, -0.2) is 27.6 Å². The lowest BCUT2D eigenvalue weighted by Gasteiger charge is -2.11. The van der Waals surface area contributed by atoms with Gasteiger partial charge in [-0.1, -0.05) is 37.3 Å². The van der Waals surface area contributed by atoms with Crippen molar-refractivity contribution in [2.75, 3.05) is 0 Å². The molecule has 0 atom stereocenters. The van der Waals surface area contributed by atoms with Crippen LogP contribution in [0, 0.1) is 0 Å². The van der Waals surface area contributed by atoms with Crippen molar-refractivity contribution < 1.29 is 10.2 Å². The third-order valence-electron chi connectivity index (χ3n) is 2.68. The molecular weight excluding hydrogens is 227 g/mol. The second kappa shape index (κ2) is 5.77. The summed E-state index contributed by atoms with van der Waals surface area (Å²) in [6.45, 7) is 2.03. The molecular formula is C14H17AlO2. The minimum Gasteiger partial charge on any atom is -0.507 e. The Labute approximate surface area is 112 Å². The molecule has 0 fully saturated rings. The van der Waals surface area contributed by atoms with Crippen LogP contribution in [0.15, 0.2) is 42.5 Å². The molecule has 0 aromatic heterocycles. The van der Waals surface area contributed by atoms with Crippen molar-refractivity contribution in [3.63, 3.8) is 0 Å². The van der Waals surface area contributed by atoms with Gasteiger partial charge in [0.15, 0.2) is 17.4 Å². The summed E-state index contributed by atoms with van der Waals surface area (Å²) in [7, 11) is 0. The van der Waals surface area contributed by atoms with Crippen molar-refractivity contribution in [2.24, 2.45) is 0 Å². The van der Waals surface area contributed by atoms with Crippen molar-refractivity contribution in [2.45, 2.75) is 13.3 Å². The molecule has 0 saturated carbocycles. The standard InChI is InChI=1S/C14H14O2.Al.3H/c1-2-10-6-5-9-13(16)14(10)11-7-3-4-8-12(11)15;;;;/h3-9,15-16H,2H2,1H3;;;;. The highest BCUT2D eigenvalue weighted by Crippen LogP contribution is 2.37. The quantitative estimate of drug-likeness (QED) is 0.795. The zero-order valence-corrected chi connectivity index (χ0v) is 9.14. The third kappa shape index (κ3) is 2.63. The average molecular weight is 244 g/mol. The monoisotopic (exact) mass is 244 g/mol. The maximum Gasteiger partial charge on any atom is 0.187 e. The van der Waals surface area contributed by atoms with E-state index in [9.17, 15) is 10.2 Å². The second-order valence-corrected chi connectivity index (χ2v) is 3.68. The van der Waals surface area contributed by atoms with Gasteiger partial charge in [0.2, 0.25) is 0 Å². The highest BCUT2D eigenvalue weighted by atomic mass is 27.0. The number of benzene rings is 2. The molecule has 88 valence electrons. The van der Waals surface area contributed by atoms with Crippen LogP contribution in [0.5, 0.6) is 11.5 Å². The Bertz CT molecular complexity index is 509. The summed E-state index contributed by atoms with van der Waals surface area (Å²) in [6, 6.07) is 12.5. The van der Waals surface area contributed by atoms with E-state index in [1.807, 2.05) is 31.2 Å². The first-order chi connectivity index (χ1) is 7.74. The highest BCUT2D eigenvalue weighted by Gasteiger charge is 2.11. The van der Waals surface area contributed by atoms with Gasteiger partial charge in [0, 0.05) is 11.1 Å². The molecule has 0 aliphatic rings. The molecule has 2 nitrogen and oxygen atoms in total. The molecule has 0 aliphatic carbocycles. The van der Waals surface area contributed by atoms with Gasteiger partial charge in [-0.25, -0.2) is 0 Å². The molecule has 2 aromatic rings. The first-order valence-corrected chi connectivity index (χ1v) is 5.33. The first kappa shape index (κ1) is 13.6. The Kier molecular flexibility index (Phi) is 4.63. The Morgan fingerprint density at radius 1 is 0.882 bits per heavy atom. The van der Waals surface area contributed by atoms with Gasteiger partial charge in [-0.3, -0.25) is 0 Å². The SMILES string of the molecule is CCc1cccc(O)c1-c1ccccc1O.[AlH3]. The van der Waals surface area contributed by atoms with E-state index in [0.29, 0.717) is 5.56 Å². The van der Waals surface area contributed by atoms with E-state index in [1.54, 1.807) is 18.2 Å². The van der Waals surface area contributed by atoms with E-state index in [4.69, 9.17) is 0 Å². The average Bonchev–Trinajstić information content (AvgIpc) is 2.30. The molecule has 2 N–H and O–H groups in total. The zero-order chi connectivity index (χ0) is 11.5. The predicted molar refractivity (Wildman–Crippen MR) is 74.5 cm³/mol. The molecule has 17 heavy (non-hydrogen) atoms. The molecule has 0 aliphatic heterocycles. The molecule has 2 rings (SSSR count). The topological polar surface area (TPSA) is 40.5 Å². The lowest BCUT2D eigenvalue weighted by molar-refractivity contribution is 0.468. The van der Waals surface area contributed by atoms with Crippen molar-refractivity contribution >= 4 is 17.4 Å². The number of phenolic OH excluding ortho intramolecular Hbond substituents is 2. The second-order valence-electron chi connectivity index (χ2n) is 3.68. The van der Waals surface area contributed by atoms with Gasteiger partial charge in [-0.15, -0.1) is 0 Å². The fourth-order valence-corrected chi connectivity index (χ4v) is 1.88. The predicted octanol–water partition coefficient (Wildman–Crippen LogP) is 2.14. The van der Waals surface area contributed by atoms with Gasteiger partial charge >= 0.3 is 0 Å². The maximum atomic E-state index is 9.89. The normalized spacial score (nSPS) is 9.71. The van der Waals surface area contributed by atoms with Crippen LogP contribution < -0.4 is 0 Å². The van der Waals surface area contributed by atoms with Crippen LogP contribution in [0.1, 0.15) is 12.5 Å². The van der Waals surface area contributed by atoms with Crippen molar-refractivity contribution in [3.05, 3.63) is 48.0 Å². The number of rotatable bonds is 2. The summed E-state index contributed by atoms with van der Waals surface area (Å²) in [5.41, 5.74) is 2.43. The summed E-state index contributed by atoms with van der Waals surface area (Å²) >= 11 is 0. The molecule has 0 saturated heterocycles. The number of aromatic hydroxyl groups is 2. The maximum absolute atomic E-state index is 9.89. The molecule has 0 unspecified atom stereocenters. The van der Waals surface area contributed by atoms with Gasteiger partial charge in [0.05, 0.1) is 0 Å². The number of aryl methyl sites for hydroxylation is 1. The third-order valence-corrected chi connectivity index (χ3v) is 2.68. The zero-order valence-electron chi connectivity index (χ0n) is 9.14. The van der Waals surface area contributed by atoms with Crippen molar-refractivity contribution in [1.29, 1.82) is 0 Å².